The van der Waals surface area contributed by atoms with E-state index in [1.54, 1.807) is 4.90 Å². The minimum Gasteiger partial charge on any atom is -0.481 e. The zero-order valence-corrected chi connectivity index (χ0v) is 13.5. The highest BCUT2D eigenvalue weighted by Gasteiger charge is 2.30. The van der Waals surface area contributed by atoms with Crippen LogP contribution < -0.4 is 0 Å². The van der Waals surface area contributed by atoms with Crippen LogP contribution in [-0.2, 0) is 22.7 Å². The van der Waals surface area contributed by atoms with E-state index in [0.29, 0.717) is 25.4 Å². The molecule has 23 heavy (non-hydrogen) atoms. The SMILES string of the molecule is O=C(O)C(CC(=O)N1Cc2ccccc2C1)CC1CCCCC1. The van der Waals surface area contributed by atoms with Gasteiger partial charge in [0, 0.05) is 19.5 Å². The van der Waals surface area contributed by atoms with E-state index in [9.17, 15) is 14.7 Å². The molecule has 1 amide bonds. The lowest BCUT2D eigenvalue weighted by Crippen LogP contribution is -2.30. The Balaban J connectivity index is 1.57. The Labute approximate surface area is 137 Å². The van der Waals surface area contributed by atoms with E-state index in [1.165, 1.54) is 30.4 Å². The zero-order valence-electron chi connectivity index (χ0n) is 13.5. The summed E-state index contributed by atoms with van der Waals surface area (Å²) in [5, 5.41) is 9.50. The number of fused-ring (bicyclic) bond motifs is 1. The summed E-state index contributed by atoms with van der Waals surface area (Å²) >= 11 is 0. The van der Waals surface area contributed by atoms with E-state index < -0.39 is 11.9 Å². The summed E-state index contributed by atoms with van der Waals surface area (Å²) in [4.78, 5) is 25.9. The lowest BCUT2D eigenvalue weighted by Gasteiger charge is -2.25. The highest BCUT2D eigenvalue weighted by atomic mass is 16.4. The third kappa shape index (κ3) is 3.92. The van der Waals surface area contributed by atoms with Crippen molar-refractivity contribution >= 4 is 11.9 Å². The van der Waals surface area contributed by atoms with Crippen LogP contribution in [0.3, 0.4) is 0 Å². The monoisotopic (exact) mass is 315 g/mol. The predicted molar refractivity (Wildman–Crippen MR) is 87.6 cm³/mol. The maximum absolute atomic E-state index is 12.5. The lowest BCUT2D eigenvalue weighted by atomic mass is 9.82. The average molecular weight is 315 g/mol. The van der Waals surface area contributed by atoms with Gasteiger partial charge in [-0.2, -0.15) is 0 Å². The first-order valence-electron chi connectivity index (χ1n) is 8.71. The first kappa shape index (κ1) is 16.0. The second-order valence-electron chi connectivity index (χ2n) is 7.00. The summed E-state index contributed by atoms with van der Waals surface area (Å²) in [7, 11) is 0. The minimum absolute atomic E-state index is 0.0237. The quantitative estimate of drug-likeness (QED) is 0.903. The number of rotatable bonds is 5. The first-order chi connectivity index (χ1) is 11.1. The number of aliphatic carboxylic acids is 1. The summed E-state index contributed by atoms with van der Waals surface area (Å²) in [6.07, 6.45) is 6.69. The molecule has 1 atom stereocenters. The Morgan fingerprint density at radius 2 is 1.70 bits per heavy atom. The number of nitrogens with zero attached hydrogens (tertiary/aromatic N) is 1. The lowest BCUT2D eigenvalue weighted by molar-refractivity contribution is -0.147. The molecule has 1 aromatic rings. The number of hydrogen-bond donors (Lipinski definition) is 1. The van der Waals surface area contributed by atoms with Gasteiger partial charge in [-0.15, -0.1) is 0 Å². The van der Waals surface area contributed by atoms with Crippen LogP contribution in [0, 0.1) is 11.8 Å². The molecule has 0 radical (unpaired) electrons. The predicted octanol–water partition coefficient (Wildman–Crippen LogP) is 3.59. The van der Waals surface area contributed by atoms with Gasteiger partial charge in [0.1, 0.15) is 0 Å². The van der Waals surface area contributed by atoms with Crippen molar-refractivity contribution in [1.82, 2.24) is 4.90 Å². The summed E-state index contributed by atoms with van der Waals surface area (Å²) in [5.74, 6) is -0.896. The van der Waals surface area contributed by atoms with Crippen molar-refractivity contribution in [2.75, 3.05) is 0 Å². The minimum atomic E-state index is -0.819. The Bertz CT molecular complexity index is 553. The molecule has 0 bridgehead atoms. The average Bonchev–Trinajstić information content (AvgIpc) is 2.99. The van der Waals surface area contributed by atoms with Gasteiger partial charge in [0.15, 0.2) is 0 Å². The van der Waals surface area contributed by atoms with Crippen molar-refractivity contribution in [2.45, 2.75) is 58.0 Å². The summed E-state index contributed by atoms with van der Waals surface area (Å²) in [5.41, 5.74) is 2.36. The van der Waals surface area contributed by atoms with Crippen molar-refractivity contribution in [3.05, 3.63) is 35.4 Å². The van der Waals surface area contributed by atoms with Crippen LogP contribution in [-0.4, -0.2) is 21.9 Å². The molecular formula is C19H25NO3. The fourth-order valence-corrected chi connectivity index (χ4v) is 3.95. The topological polar surface area (TPSA) is 57.6 Å². The van der Waals surface area contributed by atoms with Crippen LogP contribution in [0.4, 0.5) is 0 Å². The van der Waals surface area contributed by atoms with Crippen molar-refractivity contribution in [3.8, 4) is 0 Å². The van der Waals surface area contributed by atoms with Crippen LogP contribution in [0.2, 0.25) is 0 Å². The summed E-state index contributed by atoms with van der Waals surface area (Å²) in [6, 6.07) is 8.05. The molecule has 1 unspecified atom stereocenters. The Hall–Kier alpha value is -1.84. The highest BCUT2D eigenvalue weighted by Crippen LogP contribution is 2.31. The highest BCUT2D eigenvalue weighted by molar-refractivity contribution is 5.82. The third-order valence-corrected chi connectivity index (χ3v) is 5.31. The van der Waals surface area contributed by atoms with E-state index in [2.05, 4.69) is 0 Å². The second-order valence-corrected chi connectivity index (χ2v) is 7.00. The van der Waals surface area contributed by atoms with E-state index in [0.717, 1.165) is 12.8 Å². The number of benzene rings is 1. The molecule has 0 spiro atoms. The normalized spacial score (nSPS) is 19.4. The molecular weight excluding hydrogens is 290 g/mol. The summed E-state index contributed by atoms with van der Waals surface area (Å²) in [6.45, 7) is 1.23. The van der Waals surface area contributed by atoms with E-state index >= 15 is 0 Å². The molecule has 4 heteroatoms. The van der Waals surface area contributed by atoms with Gasteiger partial charge in [-0.3, -0.25) is 9.59 Å². The van der Waals surface area contributed by atoms with Gasteiger partial charge < -0.3 is 10.0 Å². The van der Waals surface area contributed by atoms with Crippen LogP contribution >= 0.6 is 0 Å². The second kappa shape index (κ2) is 7.16. The molecule has 2 aliphatic rings. The summed E-state index contributed by atoms with van der Waals surface area (Å²) < 4.78 is 0. The standard InChI is InChI=1S/C19H25NO3/c21-18(20-12-15-8-4-5-9-16(15)13-20)11-17(19(22)23)10-14-6-2-1-3-7-14/h4-5,8-9,14,17H,1-3,6-7,10-13H2,(H,22,23). The van der Waals surface area contributed by atoms with Crippen LogP contribution in [0.5, 0.6) is 0 Å². The largest absolute Gasteiger partial charge is 0.481 e. The Morgan fingerprint density at radius 1 is 1.09 bits per heavy atom. The number of hydrogen-bond acceptors (Lipinski definition) is 2. The maximum atomic E-state index is 12.5. The van der Waals surface area contributed by atoms with E-state index in [1.807, 2.05) is 24.3 Å². The van der Waals surface area contributed by atoms with Crippen molar-refractivity contribution in [3.63, 3.8) is 0 Å². The Morgan fingerprint density at radius 3 is 2.26 bits per heavy atom. The fraction of sp³-hybridized carbons (Fsp3) is 0.579. The smallest absolute Gasteiger partial charge is 0.307 e. The van der Waals surface area contributed by atoms with Crippen molar-refractivity contribution in [2.24, 2.45) is 11.8 Å². The van der Waals surface area contributed by atoms with Crippen molar-refractivity contribution in [1.29, 1.82) is 0 Å². The molecule has 1 saturated carbocycles. The van der Waals surface area contributed by atoms with Gasteiger partial charge in [0.2, 0.25) is 5.91 Å². The number of carboxylic acids is 1. The maximum Gasteiger partial charge on any atom is 0.307 e. The number of carbonyl (C=O) groups excluding carboxylic acids is 1. The van der Waals surface area contributed by atoms with Crippen LogP contribution in [0.15, 0.2) is 24.3 Å². The third-order valence-electron chi connectivity index (χ3n) is 5.31. The number of carboxylic acid groups (broad SMARTS) is 1. The van der Waals surface area contributed by atoms with E-state index in [4.69, 9.17) is 0 Å². The Kier molecular flexibility index (Phi) is 4.99. The molecule has 0 saturated heterocycles. The van der Waals surface area contributed by atoms with Gasteiger partial charge in [0.25, 0.3) is 0 Å². The molecule has 124 valence electrons. The van der Waals surface area contributed by atoms with E-state index in [-0.39, 0.29) is 12.3 Å². The number of amides is 1. The molecule has 1 fully saturated rings. The fourth-order valence-electron chi connectivity index (χ4n) is 3.95. The molecule has 4 nitrogen and oxygen atoms in total. The van der Waals surface area contributed by atoms with Crippen LogP contribution in [0.25, 0.3) is 0 Å². The molecule has 3 rings (SSSR count). The van der Waals surface area contributed by atoms with Gasteiger partial charge >= 0.3 is 5.97 Å². The number of carbonyl (C=O) groups is 2. The van der Waals surface area contributed by atoms with Gasteiger partial charge in [-0.25, -0.2) is 0 Å². The van der Waals surface area contributed by atoms with Gasteiger partial charge in [-0.1, -0.05) is 56.4 Å². The van der Waals surface area contributed by atoms with Gasteiger partial charge in [0.05, 0.1) is 5.92 Å². The van der Waals surface area contributed by atoms with Crippen LogP contribution in [0.1, 0.15) is 56.1 Å². The van der Waals surface area contributed by atoms with Gasteiger partial charge in [-0.05, 0) is 23.5 Å². The molecule has 1 aromatic carbocycles. The molecule has 1 aliphatic heterocycles. The molecule has 1 N–H and O–H groups in total. The first-order valence-corrected chi connectivity index (χ1v) is 8.71. The van der Waals surface area contributed by atoms with Crippen molar-refractivity contribution < 1.29 is 14.7 Å². The molecule has 1 aliphatic carbocycles. The molecule has 1 heterocycles. The molecule has 0 aromatic heterocycles. The zero-order chi connectivity index (χ0) is 16.2.